The minimum atomic E-state index is -0.931. The summed E-state index contributed by atoms with van der Waals surface area (Å²) in [5.41, 5.74) is 0.755. The molecule has 0 radical (unpaired) electrons. The van der Waals surface area contributed by atoms with Gasteiger partial charge in [0.2, 0.25) is 5.91 Å². The Morgan fingerprint density at radius 1 is 1.18 bits per heavy atom. The van der Waals surface area contributed by atoms with Gasteiger partial charge in [-0.1, -0.05) is 17.4 Å². The molecule has 0 saturated carbocycles. The summed E-state index contributed by atoms with van der Waals surface area (Å²) in [6, 6.07) is 3.46. The number of nitrogens with zero attached hydrogens (tertiary/aromatic N) is 5. The fourth-order valence-electron chi connectivity index (χ4n) is 4.77. The zero-order valence-corrected chi connectivity index (χ0v) is 22.0. The van der Waals surface area contributed by atoms with Gasteiger partial charge in [-0.15, -0.1) is 4.80 Å². The van der Waals surface area contributed by atoms with Gasteiger partial charge in [-0.2, -0.15) is 10.2 Å². The first-order valence-corrected chi connectivity index (χ1v) is 12.9. The number of aromatic nitrogens is 5. The summed E-state index contributed by atoms with van der Waals surface area (Å²) in [7, 11) is 1.54. The number of rotatable bonds is 9. The molecular formula is C25H27FN6O5S. The maximum absolute atomic E-state index is 14.3. The van der Waals surface area contributed by atoms with Crippen molar-refractivity contribution in [2.24, 2.45) is 0 Å². The molecule has 38 heavy (non-hydrogen) atoms. The Hall–Kier alpha value is -3.68. The van der Waals surface area contributed by atoms with Gasteiger partial charge in [0.05, 0.1) is 37.5 Å². The average molecular weight is 543 g/mol. The van der Waals surface area contributed by atoms with Gasteiger partial charge in [0, 0.05) is 19.2 Å². The van der Waals surface area contributed by atoms with Crippen molar-refractivity contribution >= 4 is 27.5 Å². The Kier molecular flexibility index (Phi) is 7.23. The lowest BCUT2D eigenvalue weighted by molar-refractivity contribution is -0.122. The summed E-state index contributed by atoms with van der Waals surface area (Å²) >= 11 is 1.19. The number of fused-ring (bicyclic) bond motifs is 1. The summed E-state index contributed by atoms with van der Waals surface area (Å²) in [6.07, 6.45) is 2.61. The van der Waals surface area contributed by atoms with E-state index in [9.17, 15) is 18.8 Å². The molecule has 13 heteroatoms. The first kappa shape index (κ1) is 25.9. The topological polar surface area (TPSA) is 122 Å². The Morgan fingerprint density at radius 2 is 1.95 bits per heavy atom. The number of carbonyl (C=O) groups excluding carboxylic acids is 1. The number of carbonyl (C=O) groups is 1. The van der Waals surface area contributed by atoms with E-state index in [-0.39, 0.29) is 19.1 Å². The molecule has 1 N–H and O–H groups in total. The van der Waals surface area contributed by atoms with Crippen LogP contribution in [0.15, 0.2) is 40.2 Å². The Labute approximate surface area is 220 Å². The average Bonchev–Trinajstić information content (AvgIpc) is 3.64. The highest BCUT2D eigenvalue weighted by atomic mass is 32.1. The van der Waals surface area contributed by atoms with Crippen LogP contribution in [0.1, 0.15) is 35.3 Å². The highest BCUT2D eigenvalue weighted by Crippen LogP contribution is 2.32. The number of thiophene rings is 1. The van der Waals surface area contributed by atoms with Crippen molar-refractivity contribution in [1.82, 2.24) is 29.4 Å². The van der Waals surface area contributed by atoms with Crippen molar-refractivity contribution in [2.75, 3.05) is 26.9 Å². The maximum Gasteiger partial charge on any atom is 0.332 e. The summed E-state index contributed by atoms with van der Waals surface area (Å²) in [5.74, 6) is -0.819. The van der Waals surface area contributed by atoms with Crippen molar-refractivity contribution in [3.05, 3.63) is 73.9 Å². The van der Waals surface area contributed by atoms with Gasteiger partial charge in [-0.25, -0.2) is 13.8 Å². The zero-order chi connectivity index (χ0) is 27.0. The molecule has 4 aromatic rings. The molecule has 1 amide bonds. The van der Waals surface area contributed by atoms with E-state index in [1.54, 1.807) is 20.1 Å². The van der Waals surface area contributed by atoms with Crippen LogP contribution in [0.25, 0.3) is 15.2 Å². The van der Waals surface area contributed by atoms with Gasteiger partial charge in [0.1, 0.15) is 27.8 Å². The van der Waals surface area contributed by atoms with Crippen LogP contribution in [-0.4, -0.2) is 56.9 Å². The van der Waals surface area contributed by atoms with Gasteiger partial charge in [-0.05, 0) is 43.5 Å². The van der Waals surface area contributed by atoms with E-state index in [1.165, 1.54) is 45.2 Å². The second-order valence-electron chi connectivity index (χ2n) is 9.05. The van der Waals surface area contributed by atoms with Crippen LogP contribution in [0, 0.1) is 19.7 Å². The Morgan fingerprint density at radius 3 is 2.63 bits per heavy atom. The first-order valence-electron chi connectivity index (χ1n) is 12.1. The van der Waals surface area contributed by atoms with E-state index in [0.29, 0.717) is 45.9 Å². The van der Waals surface area contributed by atoms with Gasteiger partial charge < -0.3 is 14.8 Å². The molecule has 11 nitrogen and oxygen atoms in total. The number of hydrogen-bond donors (Lipinski definition) is 1. The molecule has 1 aliphatic heterocycles. The normalized spacial score (nSPS) is 16.3. The largest absolute Gasteiger partial charge is 0.382 e. The van der Waals surface area contributed by atoms with Crippen molar-refractivity contribution in [3.8, 4) is 5.00 Å². The molecule has 4 heterocycles. The number of amides is 1. The molecule has 200 valence electrons. The minimum absolute atomic E-state index is 0.0239. The first-order chi connectivity index (χ1) is 18.3. The molecule has 5 rings (SSSR count). The van der Waals surface area contributed by atoms with Crippen LogP contribution in [0.4, 0.5) is 4.39 Å². The SMILES string of the molecule is COCCO[C@@H](Cn1c(=O)n([C@H]2CCNC2=O)c(=O)c2c(C)c(-n3nccn3)sc21)c1cc(F)ccc1C. The summed E-state index contributed by atoms with van der Waals surface area (Å²) < 4.78 is 28.0. The molecule has 2 atom stereocenters. The minimum Gasteiger partial charge on any atom is -0.382 e. The predicted octanol–water partition coefficient (Wildman–Crippen LogP) is 2.03. The van der Waals surface area contributed by atoms with E-state index >= 15 is 0 Å². The molecule has 0 spiro atoms. The third-order valence-electron chi connectivity index (χ3n) is 6.69. The van der Waals surface area contributed by atoms with Crippen molar-refractivity contribution < 1.29 is 18.7 Å². The van der Waals surface area contributed by atoms with Crippen LogP contribution in [0.2, 0.25) is 0 Å². The van der Waals surface area contributed by atoms with E-state index < -0.39 is 29.2 Å². The highest BCUT2D eigenvalue weighted by Gasteiger charge is 2.32. The van der Waals surface area contributed by atoms with Crippen LogP contribution in [0.5, 0.6) is 0 Å². The number of ether oxygens (including phenoxy) is 2. The van der Waals surface area contributed by atoms with E-state index in [2.05, 4.69) is 15.5 Å². The molecule has 1 aliphatic rings. The van der Waals surface area contributed by atoms with Gasteiger partial charge in [0.25, 0.3) is 5.56 Å². The third-order valence-corrected chi connectivity index (χ3v) is 7.97. The van der Waals surface area contributed by atoms with Gasteiger partial charge in [0.15, 0.2) is 0 Å². The lowest BCUT2D eigenvalue weighted by atomic mass is 10.0. The summed E-state index contributed by atoms with van der Waals surface area (Å²) in [4.78, 5) is 42.1. The van der Waals surface area contributed by atoms with Crippen molar-refractivity contribution in [2.45, 2.75) is 39.0 Å². The molecular weight excluding hydrogens is 515 g/mol. The van der Waals surface area contributed by atoms with Gasteiger partial charge in [-0.3, -0.25) is 14.2 Å². The lowest BCUT2D eigenvalue weighted by Crippen LogP contribution is -2.44. The van der Waals surface area contributed by atoms with Crippen molar-refractivity contribution in [1.29, 1.82) is 0 Å². The molecule has 3 aromatic heterocycles. The van der Waals surface area contributed by atoms with Crippen LogP contribution >= 0.6 is 11.3 Å². The number of hydrogen-bond acceptors (Lipinski definition) is 8. The standard InChI is InChI=1S/C25H27FN6O5S/c1-14-4-5-16(26)12-17(14)19(37-11-10-36-3)13-30-24-20(15(2)23(38-24)32-28-8-9-29-32)22(34)31(25(30)35)18-6-7-27-21(18)33/h4-5,8-9,12,18-19H,6-7,10-11,13H2,1-3H3,(H,27,33)/t18-,19-/m0/s1. The number of nitrogens with one attached hydrogen (secondary N) is 1. The zero-order valence-electron chi connectivity index (χ0n) is 21.1. The van der Waals surface area contributed by atoms with Crippen molar-refractivity contribution in [3.63, 3.8) is 0 Å². The molecule has 1 saturated heterocycles. The monoisotopic (exact) mass is 542 g/mol. The van der Waals surface area contributed by atoms with Crippen LogP contribution in [0.3, 0.4) is 0 Å². The van der Waals surface area contributed by atoms with E-state index in [0.717, 1.165) is 10.1 Å². The molecule has 1 fully saturated rings. The van der Waals surface area contributed by atoms with E-state index in [1.807, 2.05) is 6.92 Å². The second kappa shape index (κ2) is 10.6. The number of methoxy groups -OCH3 is 1. The molecule has 0 aliphatic carbocycles. The highest BCUT2D eigenvalue weighted by molar-refractivity contribution is 7.21. The quantitative estimate of drug-likeness (QED) is 0.321. The lowest BCUT2D eigenvalue weighted by Gasteiger charge is -2.23. The number of aryl methyl sites for hydroxylation is 2. The number of halogens is 1. The predicted molar refractivity (Wildman–Crippen MR) is 138 cm³/mol. The summed E-state index contributed by atoms with van der Waals surface area (Å²) in [5, 5.41) is 12.0. The summed E-state index contributed by atoms with van der Waals surface area (Å²) in [6.45, 7) is 4.43. The van der Waals surface area contributed by atoms with Crippen LogP contribution in [-0.2, 0) is 20.8 Å². The van der Waals surface area contributed by atoms with Gasteiger partial charge >= 0.3 is 5.69 Å². The molecule has 0 unspecified atom stereocenters. The maximum atomic E-state index is 14.3. The molecule has 1 aromatic carbocycles. The fourth-order valence-corrected chi connectivity index (χ4v) is 5.99. The smallest absolute Gasteiger partial charge is 0.332 e. The third kappa shape index (κ3) is 4.57. The fraction of sp³-hybridized carbons (Fsp3) is 0.400. The number of benzene rings is 1. The van der Waals surface area contributed by atoms with E-state index in [4.69, 9.17) is 9.47 Å². The Bertz CT molecular complexity index is 1610. The second-order valence-corrected chi connectivity index (χ2v) is 10.0. The molecule has 0 bridgehead atoms. The van der Waals surface area contributed by atoms with Crippen LogP contribution < -0.4 is 16.6 Å². The Balaban J connectivity index is 1.74.